The summed E-state index contributed by atoms with van der Waals surface area (Å²) < 4.78 is 1.81. The summed E-state index contributed by atoms with van der Waals surface area (Å²) in [6.45, 7) is 10.2. The number of hydrogen-bond donors (Lipinski definition) is 2. The van der Waals surface area contributed by atoms with Crippen molar-refractivity contribution >= 4 is 17.3 Å². The zero-order valence-electron chi connectivity index (χ0n) is 15.2. The lowest BCUT2D eigenvalue weighted by Gasteiger charge is -2.16. The van der Waals surface area contributed by atoms with Crippen LogP contribution in [0.2, 0.25) is 0 Å². The number of nitriles is 2. The standard InChI is InChI=1S/C16H18N10/c1-8(2)13-22-23-14-11(12(16(3,4)5)25-26(13)14)21-24-15-19-9(6-17)10(7-18)20-15/h8,25H,1-5H3,(H,19,20). The minimum atomic E-state index is -0.234. The fourth-order valence-electron chi connectivity index (χ4n) is 2.50. The average Bonchev–Trinajstić information content (AvgIpc) is 3.24. The lowest BCUT2D eigenvalue weighted by Crippen LogP contribution is -2.13. The van der Waals surface area contributed by atoms with E-state index in [0.717, 1.165) is 11.5 Å². The molecule has 0 atom stereocenters. The van der Waals surface area contributed by atoms with Crippen LogP contribution in [0.5, 0.6) is 0 Å². The minimum Gasteiger partial charge on any atom is -0.312 e. The fraction of sp³-hybridized carbons (Fsp3) is 0.438. The van der Waals surface area contributed by atoms with E-state index >= 15 is 0 Å². The Labute approximate surface area is 149 Å². The second-order valence-corrected chi connectivity index (χ2v) is 7.16. The van der Waals surface area contributed by atoms with Gasteiger partial charge in [-0.1, -0.05) is 34.6 Å². The van der Waals surface area contributed by atoms with Gasteiger partial charge in [-0.25, -0.2) is 4.52 Å². The van der Waals surface area contributed by atoms with Gasteiger partial charge in [0.1, 0.15) is 12.1 Å². The molecule has 26 heavy (non-hydrogen) atoms. The molecule has 0 saturated carbocycles. The Bertz CT molecular complexity index is 1040. The summed E-state index contributed by atoms with van der Waals surface area (Å²) in [6.07, 6.45) is 0. The van der Waals surface area contributed by atoms with Crippen molar-refractivity contribution in [2.45, 2.75) is 46.0 Å². The molecule has 0 saturated heterocycles. The van der Waals surface area contributed by atoms with Crippen LogP contribution < -0.4 is 0 Å². The molecule has 3 heterocycles. The zero-order valence-corrected chi connectivity index (χ0v) is 15.2. The predicted molar refractivity (Wildman–Crippen MR) is 92.3 cm³/mol. The van der Waals surface area contributed by atoms with Crippen LogP contribution >= 0.6 is 0 Å². The minimum absolute atomic E-state index is 0.0127. The molecule has 10 heteroatoms. The molecule has 0 aliphatic carbocycles. The highest BCUT2D eigenvalue weighted by Crippen LogP contribution is 2.35. The highest BCUT2D eigenvalue weighted by molar-refractivity contribution is 5.68. The van der Waals surface area contributed by atoms with Crippen molar-refractivity contribution in [1.29, 1.82) is 10.5 Å². The highest BCUT2D eigenvalue weighted by atomic mass is 15.4. The quantitative estimate of drug-likeness (QED) is 0.695. The van der Waals surface area contributed by atoms with Crippen molar-refractivity contribution < 1.29 is 0 Å². The molecule has 10 nitrogen and oxygen atoms in total. The molecular weight excluding hydrogens is 332 g/mol. The Morgan fingerprint density at radius 3 is 2.38 bits per heavy atom. The summed E-state index contributed by atoms with van der Waals surface area (Å²) in [5, 5.41) is 38.1. The normalized spacial score (nSPS) is 12.2. The topological polar surface area (TPSA) is 147 Å². The highest BCUT2D eigenvalue weighted by Gasteiger charge is 2.26. The van der Waals surface area contributed by atoms with Gasteiger partial charge in [0.15, 0.2) is 22.9 Å². The maximum absolute atomic E-state index is 8.99. The van der Waals surface area contributed by atoms with Gasteiger partial charge >= 0.3 is 0 Å². The van der Waals surface area contributed by atoms with Gasteiger partial charge in [-0.15, -0.1) is 20.4 Å². The average molecular weight is 350 g/mol. The molecule has 3 aromatic heterocycles. The van der Waals surface area contributed by atoms with E-state index in [1.165, 1.54) is 0 Å². The van der Waals surface area contributed by atoms with Gasteiger partial charge in [0.2, 0.25) is 11.6 Å². The van der Waals surface area contributed by atoms with Gasteiger partial charge in [0.25, 0.3) is 0 Å². The third-order valence-corrected chi connectivity index (χ3v) is 3.78. The molecule has 0 spiro atoms. The molecule has 3 aromatic rings. The van der Waals surface area contributed by atoms with Gasteiger partial charge in [0, 0.05) is 11.3 Å². The first-order valence-electron chi connectivity index (χ1n) is 8.05. The smallest absolute Gasteiger partial charge is 0.249 e. The second-order valence-electron chi connectivity index (χ2n) is 7.16. The van der Waals surface area contributed by atoms with E-state index in [0.29, 0.717) is 11.3 Å². The summed E-state index contributed by atoms with van der Waals surface area (Å²) in [7, 11) is 0. The van der Waals surface area contributed by atoms with E-state index in [-0.39, 0.29) is 28.7 Å². The molecule has 3 rings (SSSR count). The second kappa shape index (κ2) is 6.08. The zero-order chi connectivity index (χ0) is 19.1. The molecule has 132 valence electrons. The predicted octanol–water partition coefficient (Wildman–Crippen LogP) is 3.36. The number of fused-ring (bicyclic) bond motifs is 1. The van der Waals surface area contributed by atoms with E-state index in [2.05, 4.69) is 35.5 Å². The van der Waals surface area contributed by atoms with Gasteiger partial charge < -0.3 is 4.98 Å². The maximum atomic E-state index is 8.99. The number of nitrogens with zero attached hydrogens (tertiary/aromatic N) is 8. The van der Waals surface area contributed by atoms with Gasteiger partial charge in [0.05, 0.1) is 5.69 Å². The van der Waals surface area contributed by atoms with Gasteiger partial charge in [-0.3, -0.25) is 5.10 Å². The fourth-order valence-corrected chi connectivity index (χ4v) is 2.50. The van der Waals surface area contributed by atoms with E-state index in [1.54, 1.807) is 0 Å². The largest absolute Gasteiger partial charge is 0.312 e. The van der Waals surface area contributed by atoms with Crippen molar-refractivity contribution in [2.75, 3.05) is 0 Å². The van der Waals surface area contributed by atoms with E-state index < -0.39 is 0 Å². The number of azo groups is 1. The molecule has 0 unspecified atom stereocenters. The van der Waals surface area contributed by atoms with Crippen LogP contribution in [-0.4, -0.2) is 29.8 Å². The lowest BCUT2D eigenvalue weighted by molar-refractivity contribution is 0.558. The first-order chi connectivity index (χ1) is 12.3. The van der Waals surface area contributed by atoms with Crippen molar-refractivity contribution in [3.8, 4) is 12.1 Å². The van der Waals surface area contributed by atoms with Crippen LogP contribution in [0.3, 0.4) is 0 Å². The molecule has 0 fully saturated rings. The Morgan fingerprint density at radius 1 is 1.12 bits per heavy atom. The third-order valence-electron chi connectivity index (χ3n) is 3.78. The summed E-state index contributed by atoms with van der Waals surface area (Å²) in [4.78, 5) is 6.62. The van der Waals surface area contributed by atoms with E-state index in [4.69, 9.17) is 10.5 Å². The van der Waals surface area contributed by atoms with Crippen LogP contribution in [0.25, 0.3) is 5.65 Å². The summed E-state index contributed by atoms with van der Waals surface area (Å²) in [6, 6.07) is 3.71. The van der Waals surface area contributed by atoms with Crippen LogP contribution in [0, 0.1) is 22.7 Å². The molecule has 0 amide bonds. The first-order valence-corrected chi connectivity index (χ1v) is 8.05. The van der Waals surface area contributed by atoms with E-state index in [1.807, 2.05) is 51.3 Å². The number of H-pyrrole nitrogens is 2. The molecular formula is C16H18N10. The maximum Gasteiger partial charge on any atom is 0.249 e. The molecule has 0 radical (unpaired) electrons. The third kappa shape index (κ3) is 2.82. The Morgan fingerprint density at radius 2 is 1.85 bits per heavy atom. The number of rotatable bonds is 3. The monoisotopic (exact) mass is 350 g/mol. The number of nitrogens with one attached hydrogen (secondary N) is 2. The summed E-state index contributed by atoms with van der Waals surface area (Å²) >= 11 is 0. The van der Waals surface area contributed by atoms with Crippen molar-refractivity contribution in [3.63, 3.8) is 0 Å². The van der Waals surface area contributed by atoms with Crippen molar-refractivity contribution in [1.82, 2.24) is 29.8 Å². The SMILES string of the molecule is CC(C)c1nnc2c(N=Nc3nc(C#N)c(C#N)[nH]3)c(C(C)(C)C)[nH]n12. The van der Waals surface area contributed by atoms with Crippen molar-refractivity contribution in [3.05, 3.63) is 22.9 Å². The molecule has 2 N–H and O–H groups in total. The number of imidazole rings is 1. The number of hydrogen-bond acceptors (Lipinski definition) is 7. The van der Waals surface area contributed by atoms with Crippen LogP contribution in [0.4, 0.5) is 11.6 Å². The lowest BCUT2D eigenvalue weighted by atomic mass is 9.91. The van der Waals surface area contributed by atoms with Crippen LogP contribution in [-0.2, 0) is 5.41 Å². The summed E-state index contributed by atoms with van der Waals surface area (Å²) in [5.41, 5.74) is 1.77. The summed E-state index contributed by atoms with van der Waals surface area (Å²) in [5.74, 6) is 1.06. The molecule has 0 bridgehead atoms. The Hall–Kier alpha value is -3.53. The molecule has 0 aromatic carbocycles. The Balaban J connectivity index is 2.13. The van der Waals surface area contributed by atoms with Crippen molar-refractivity contribution in [2.24, 2.45) is 10.2 Å². The molecule has 0 aliphatic heterocycles. The van der Waals surface area contributed by atoms with Crippen LogP contribution in [0.1, 0.15) is 63.4 Å². The number of aromatic nitrogens is 6. The molecule has 0 aliphatic rings. The Kier molecular flexibility index (Phi) is 4.04. The van der Waals surface area contributed by atoms with Gasteiger partial charge in [-0.2, -0.15) is 15.5 Å². The first kappa shape index (κ1) is 17.3. The van der Waals surface area contributed by atoms with Crippen LogP contribution in [0.15, 0.2) is 10.2 Å². The van der Waals surface area contributed by atoms with E-state index in [9.17, 15) is 0 Å². The number of aromatic amines is 2. The van der Waals surface area contributed by atoms with Gasteiger partial charge in [-0.05, 0) is 0 Å².